The Morgan fingerprint density at radius 1 is 0.711 bits per heavy atom. The molecule has 0 rings (SSSR count). The van der Waals surface area contributed by atoms with Gasteiger partial charge in [0.25, 0.3) is 0 Å². The normalized spacial score (nSPS) is 13.8. The van der Waals surface area contributed by atoms with Crippen molar-refractivity contribution in [2.75, 3.05) is 13.2 Å². The van der Waals surface area contributed by atoms with Crippen molar-refractivity contribution in [2.45, 2.75) is 103 Å². The van der Waals surface area contributed by atoms with Crippen LogP contribution in [0.25, 0.3) is 0 Å². The third-order valence-electron chi connectivity index (χ3n) is 4.26. The summed E-state index contributed by atoms with van der Waals surface area (Å²) in [5.74, 6) is -6.75. The molecule has 0 aliphatic heterocycles. The Bertz CT molecular complexity index is 763. The summed E-state index contributed by atoms with van der Waals surface area (Å²) < 4.78 is 91.6. The lowest BCUT2D eigenvalue weighted by atomic mass is 10.1. The molecular weight excluding hydrogens is 584 g/mol. The third kappa shape index (κ3) is 16.2. The Morgan fingerprint density at radius 2 is 1.16 bits per heavy atom. The van der Waals surface area contributed by atoms with Crippen LogP contribution in [0.4, 0.5) is 22.0 Å². The molecule has 0 N–H and O–H groups in total. The maximum atomic E-state index is 12.9. The van der Waals surface area contributed by atoms with Crippen molar-refractivity contribution in [3.8, 4) is 0 Å². The molecule has 0 aliphatic rings. The third-order valence-corrected chi connectivity index (χ3v) is 16.3. The van der Waals surface area contributed by atoms with E-state index in [-0.39, 0.29) is 25.0 Å². The first kappa shape index (κ1) is 37.1. The van der Waals surface area contributed by atoms with Gasteiger partial charge in [0.2, 0.25) is 0 Å². The Kier molecular flexibility index (Phi) is 13.8. The molecule has 16 heteroatoms. The molecule has 0 aromatic heterocycles. The lowest BCUT2D eigenvalue weighted by molar-refractivity contribution is -0.286. The van der Waals surface area contributed by atoms with Gasteiger partial charge in [-0.15, -0.1) is 0 Å². The first-order valence-electron chi connectivity index (χ1n) is 12.3. The van der Waals surface area contributed by atoms with Gasteiger partial charge in [-0.25, -0.2) is 4.79 Å². The standard InChI is InChI=1S/C22H43F5O7Si4/c1-18(20(29)31-16-14-21(23,24)22(25,26)27)12-13-19(28)30-15-11-17-38(32-35(2,3)4,33-36(5,6)7)34-37(8,9)10/h1,11-17H2,2-10H3. The maximum Gasteiger partial charge on any atom is 0.469 e. The van der Waals surface area contributed by atoms with Gasteiger partial charge in [-0.05, 0) is 71.8 Å². The molecule has 7 nitrogen and oxygen atoms in total. The molecule has 0 aromatic carbocycles. The summed E-state index contributed by atoms with van der Waals surface area (Å²) in [5, 5.41) is 0. The molecule has 38 heavy (non-hydrogen) atoms. The molecule has 0 saturated heterocycles. The van der Waals surface area contributed by atoms with E-state index in [1.165, 1.54) is 0 Å². The molecule has 0 aliphatic carbocycles. The van der Waals surface area contributed by atoms with Crippen LogP contribution in [-0.2, 0) is 31.4 Å². The lowest BCUT2D eigenvalue weighted by Crippen LogP contribution is -2.60. The van der Waals surface area contributed by atoms with E-state index in [0.29, 0.717) is 12.5 Å². The molecule has 0 saturated carbocycles. The van der Waals surface area contributed by atoms with E-state index in [2.05, 4.69) is 70.2 Å². The van der Waals surface area contributed by atoms with Crippen molar-refractivity contribution in [1.29, 1.82) is 0 Å². The highest BCUT2D eigenvalue weighted by molar-refractivity contribution is 6.90. The van der Waals surface area contributed by atoms with Crippen molar-refractivity contribution in [3.05, 3.63) is 12.2 Å². The van der Waals surface area contributed by atoms with Gasteiger partial charge in [-0.2, -0.15) is 22.0 Å². The van der Waals surface area contributed by atoms with Gasteiger partial charge in [0.05, 0.1) is 19.6 Å². The number of hydrogen-bond donors (Lipinski definition) is 0. The van der Waals surface area contributed by atoms with Crippen molar-refractivity contribution >= 4 is 45.7 Å². The van der Waals surface area contributed by atoms with E-state index in [1.54, 1.807) is 0 Å². The average Bonchev–Trinajstić information content (AvgIpc) is 2.64. The molecule has 0 unspecified atom stereocenters. The smallest absolute Gasteiger partial charge is 0.466 e. The molecule has 0 radical (unpaired) electrons. The summed E-state index contributed by atoms with van der Waals surface area (Å²) in [6, 6.07) is 0.473. The Labute approximate surface area is 227 Å². The average molecular weight is 627 g/mol. The van der Waals surface area contributed by atoms with E-state index in [4.69, 9.17) is 17.1 Å². The SMILES string of the molecule is C=C(CCC(=O)OCCC[Si](O[Si](C)(C)C)(O[Si](C)(C)C)O[Si](C)(C)C)C(=O)OCCC(F)(F)C(F)(F)F. The number of rotatable bonds is 17. The Balaban J connectivity index is 4.83. The van der Waals surface area contributed by atoms with Crippen molar-refractivity contribution < 1.29 is 53.4 Å². The zero-order chi connectivity index (χ0) is 30.2. The largest absolute Gasteiger partial charge is 0.469 e. The quantitative estimate of drug-likeness (QED) is 0.0573. The van der Waals surface area contributed by atoms with E-state index >= 15 is 0 Å². The van der Waals surface area contributed by atoms with Crippen LogP contribution in [-0.4, -0.2) is 71.0 Å². The molecule has 0 aromatic rings. The van der Waals surface area contributed by atoms with Crippen LogP contribution in [0.2, 0.25) is 65.0 Å². The Morgan fingerprint density at radius 3 is 1.55 bits per heavy atom. The zero-order valence-electron chi connectivity index (χ0n) is 23.9. The summed E-state index contributed by atoms with van der Waals surface area (Å²) in [4.78, 5) is 23.9. The van der Waals surface area contributed by atoms with Crippen LogP contribution in [0.15, 0.2) is 12.2 Å². The lowest BCUT2D eigenvalue weighted by Gasteiger charge is -2.42. The second-order valence-corrected chi connectivity index (χ2v) is 28.8. The van der Waals surface area contributed by atoms with Crippen LogP contribution < -0.4 is 0 Å². The summed E-state index contributed by atoms with van der Waals surface area (Å²) in [6.07, 6.45) is -7.43. The summed E-state index contributed by atoms with van der Waals surface area (Å²) >= 11 is 0. The highest BCUT2D eigenvalue weighted by atomic mass is 28.5. The van der Waals surface area contributed by atoms with Crippen LogP contribution in [0.1, 0.15) is 25.7 Å². The number of hydrogen-bond acceptors (Lipinski definition) is 7. The maximum absolute atomic E-state index is 12.9. The number of halogens is 5. The molecule has 0 amide bonds. The van der Waals surface area contributed by atoms with Crippen LogP contribution in [0.5, 0.6) is 0 Å². The topological polar surface area (TPSA) is 80.3 Å². The van der Waals surface area contributed by atoms with Gasteiger partial charge in [0, 0.05) is 18.0 Å². The van der Waals surface area contributed by atoms with E-state index in [0.717, 1.165) is 0 Å². The predicted octanol–water partition coefficient (Wildman–Crippen LogP) is 6.88. The van der Waals surface area contributed by atoms with E-state index in [9.17, 15) is 31.5 Å². The van der Waals surface area contributed by atoms with Crippen LogP contribution >= 0.6 is 0 Å². The molecular formula is C22H43F5O7Si4. The van der Waals surface area contributed by atoms with Gasteiger partial charge >= 0.3 is 32.8 Å². The minimum absolute atomic E-state index is 0.0657. The van der Waals surface area contributed by atoms with Crippen LogP contribution in [0, 0.1) is 0 Å². The number of alkyl halides is 5. The highest BCUT2D eigenvalue weighted by Crippen LogP contribution is 2.38. The van der Waals surface area contributed by atoms with Crippen molar-refractivity contribution in [2.24, 2.45) is 0 Å². The molecule has 224 valence electrons. The van der Waals surface area contributed by atoms with Crippen molar-refractivity contribution in [1.82, 2.24) is 0 Å². The second kappa shape index (κ2) is 14.1. The summed E-state index contributed by atoms with van der Waals surface area (Å²) in [6.45, 7) is 20.9. The second-order valence-electron chi connectivity index (χ2n) is 11.8. The fourth-order valence-corrected chi connectivity index (χ4v) is 17.7. The zero-order valence-corrected chi connectivity index (χ0v) is 27.9. The summed E-state index contributed by atoms with van der Waals surface area (Å²) in [5.41, 5.74) is -0.237. The van der Waals surface area contributed by atoms with Crippen LogP contribution in [0.3, 0.4) is 0 Å². The van der Waals surface area contributed by atoms with E-state index < -0.39 is 70.8 Å². The highest BCUT2D eigenvalue weighted by Gasteiger charge is 2.57. The molecule has 0 bridgehead atoms. The molecule has 0 heterocycles. The minimum atomic E-state index is -5.73. The van der Waals surface area contributed by atoms with E-state index in [1.807, 2.05) is 0 Å². The molecule has 0 atom stereocenters. The van der Waals surface area contributed by atoms with Gasteiger partial charge in [0.15, 0.2) is 25.0 Å². The Hall–Kier alpha value is -0.922. The first-order valence-corrected chi connectivity index (χ1v) is 24.5. The monoisotopic (exact) mass is 626 g/mol. The predicted molar refractivity (Wildman–Crippen MR) is 144 cm³/mol. The van der Waals surface area contributed by atoms with Gasteiger partial charge < -0.3 is 21.8 Å². The fourth-order valence-electron chi connectivity index (χ4n) is 3.03. The van der Waals surface area contributed by atoms with Gasteiger partial charge in [-0.1, -0.05) is 6.58 Å². The fraction of sp³-hybridized carbons (Fsp3) is 0.818. The molecule has 0 fully saturated rings. The van der Waals surface area contributed by atoms with Gasteiger partial charge in [-0.3, -0.25) is 4.79 Å². The number of esters is 2. The van der Waals surface area contributed by atoms with Crippen molar-refractivity contribution in [3.63, 3.8) is 0 Å². The van der Waals surface area contributed by atoms with Gasteiger partial charge in [0.1, 0.15) is 0 Å². The molecule has 0 spiro atoms. The summed E-state index contributed by atoms with van der Waals surface area (Å²) in [7, 11) is -9.20. The first-order chi connectivity index (χ1) is 16.8. The minimum Gasteiger partial charge on any atom is -0.466 e. The number of carbonyl (C=O) groups excluding carboxylic acids is 2. The number of ether oxygens (including phenoxy) is 2. The number of carbonyl (C=O) groups is 2.